The summed E-state index contributed by atoms with van der Waals surface area (Å²) in [5.74, 6) is -1.32. The van der Waals surface area contributed by atoms with E-state index in [-0.39, 0.29) is 36.7 Å². The number of nitrogens with zero attached hydrogens (tertiary/aromatic N) is 7. The molecule has 1 N–H and O–H groups in total. The van der Waals surface area contributed by atoms with Gasteiger partial charge in [-0.3, -0.25) is 24.6 Å². The van der Waals surface area contributed by atoms with Crippen molar-refractivity contribution >= 4 is 29.3 Å². The zero-order valence-corrected chi connectivity index (χ0v) is 20.7. The molecule has 2 aliphatic heterocycles. The molecule has 15 heteroatoms. The SMILES string of the molecule is O=C(NCC(=O)N1CCN(c2ccc(N3C[C@H](Cn4ccnn4)OC3=O)cc2F)CC1)C1=CC=C([N+](=O)[O-])C1. The number of hydrogen-bond acceptors (Lipinski definition) is 9. The minimum Gasteiger partial charge on any atom is -0.442 e. The molecule has 2 fully saturated rings. The summed E-state index contributed by atoms with van der Waals surface area (Å²) in [6.45, 7) is 1.76. The molecule has 1 atom stereocenters. The summed E-state index contributed by atoms with van der Waals surface area (Å²) < 4.78 is 22.0. The Morgan fingerprint density at radius 1 is 1.21 bits per heavy atom. The number of halogens is 1. The molecule has 3 aliphatic rings. The quantitative estimate of drug-likeness (QED) is 0.376. The van der Waals surface area contributed by atoms with Crippen molar-refractivity contribution in [2.45, 2.75) is 19.1 Å². The van der Waals surface area contributed by atoms with Crippen molar-refractivity contribution in [3.8, 4) is 0 Å². The molecular weight excluding hydrogens is 515 g/mol. The van der Waals surface area contributed by atoms with E-state index in [4.69, 9.17) is 4.74 Å². The second kappa shape index (κ2) is 10.9. The van der Waals surface area contributed by atoms with Crippen LogP contribution in [-0.2, 0) is 20.9 Å². The fraction of sp³-hybridized carbons (Fsp3) is 0.375. The molecule has 2 saturated heterocycles. The number of anilines is 2. The number of hydrogen-bond donors (Lipinski definition) is 1. The molecule has 1 aromatic heterocycles. The third-order valence-electron chi connectivity index (χ3n) is 6.73. The summed E-state index contributed by atoms with van der Waals surface area (Å²) in [5.41, 5.74) is 0.889. The van der Waals surface area contributed by atoms with E-state index in [1.54, 1.807) is 27.9 Å². The topological polar surface area (TPSA) is 156 Å². The van der Waals surface area contributed by atoms with Gasteiger partial charge in [0.2, 0.25) is 11.8 Å². The Bertz CT molecular complexity index is 1350. The summed E-state index contributed by atoms with van der Waals surface area (Å²) in [4.78, 5) is 52.1. The Labute approximate surface area is 221 Å². The first-order valence-corrected chi connectivity index (χ1v) is 12.3. The van der Waals surface area contributed by atoms with Crippen LogP contribution in [0.4, 0.5) is 20.6 Å². The molecule has 0 spiro atoms. The van der Waals surface area contributed by atoms with Crippen LogP contribution in [0.15, 0.2) is 54.0 Å². The molecule has 14 nitrogen and oxygen atoms in total. The molecule has 0 bridgehead atoms. The third-order valence-corrected chi connectivity index (χ3v) is 6.73. The van der Waals surface area contributed by atoms with E-state index in [1.807, 2.05) is 4.90 Å². The Hall–Kier alpha value is -4.82. The highest BCUT2D eigenvalue weighted by Gasteiger charge is 2.33. The standard InChI is InChI=1S/C24H25FN8O6/c25-20-12-17(32-15-19(39-24(32)36)14-31-6-5-27-28-31)3-4-21(20)29-7-9-30(10-8-29)22(34)13-26-23(35)16-1-2-18(11-16)33(37)38/h1-6,12,19H,7-11,13-15H2,(H,26,35)/t19-/m0/s1. The molecule has 2 aromatic rings. The number of amides is 3. The van der Waals surface area contributed by atoms with E-state index < -0.39 is 28.8 Å². The maximum atomic E-state index is 15.1. The first kappa shape index (κ1) is 25.8. The van der Waals surface area contributed by atoms with Gasteiger partial charge < -0.3 is 19.9 Å². The maximum absolute atomic E-state index is 15.1. The highest BCUT2D eigenvalue weighted by molar-refractivity contribution is 5.97. The Morgan fingerprint density at radius 3 is 2.67 bits per heavy atom. The zero-order chi connectivity index (χ0) is 27.5. The highest BCUT2D eigenvalue weighted by Crippen LogP contribution is 2.29. The minimum atomic E-state index is -0.565. The number of ether oxygens (including phenoxy) is 1. The summed E-state index contributed by atoms with van der Waals surface area (Å²) in [6.07, 6.45) is 4.75. The van der Waals surface area contributed by atoms with Crippen LogP contribution in [0, 0.1) is 15.9 Å². The lowest BCUT2D eigenvalue weighted by Gasteiger charge is -2.36. The van der Waals surface area contributed by atoms with Crippen LogP contribution in [0.1, 0.15) is 6.42 Å². The monoisotopic (exact) mass is 540 g/mol. The van der Waals surface area contributed by atoms with E-state index in [0.29, 0.717) is 44.1 Å². The molecule has 1 aliphatic carbocycles. The summed E-state index contributed by atoms with van der Waals surface area (Å²) in [6, 6.07) is 4.54. The number of allylic oxidation sites excluding steroid dienone is 3. The lowest BCUT2D eigenvalue weighted by molar-refractivity contribution is -0.426. The lowest BCUT2D eigenvalue weighted by atomic mass is 10.2. The molecule has 1 aromatic carbocycles. The average Bonchev–Trinajstić information content (AvgIpc) is 3.69. The predicted octanol–water partition coefficient (Wildman–Crippen LogP) is 0.698. The van der Waals surface area contributed by atoms with Crippen molar-refractivity contribution in [2.24, 2.45) is 0 Å². The lowest BCUT2D eigenvalue weighted by Crippen LogP contribution is -2.51. The Kier molecular flexibility index (Phi) is 7.21. The number of rotatable bonds is 8. The van der Waals surface area contributed by atoms with Gasteiger partial charge in [-0.25, -0.2) is 13.9 Å². The number of nitrogens with one attached hydrogen (secondary N) is 1. The van der Waals surface area contributed by atoms with Crippen LogP contribution in [0.3, 0.4) is 0 Å². The van der Waals surface area contributed by atoms with E-state index in [0.717, 1.165) is 0 Å². The van der Waals surface area contributed by atoms with Crippen LogP contribution >= 0.6 is 0 Å². The van der Waals surface area contributed by atoms with E-state index in [9.17, 15) is 24.5 Å². The van der Waals surface area contributed by atoms with Gasteiger partial charge in [0.15, 0.2) is 0 Å². The normalized spacial score (nSPS) is 19.1. The smallest absolute Gasteiger partial charge is 0.414 e. The maximum Gasteiger partial charge on any atom is 0.414 e. The van der Waals surface area contributed by atoms with Gasteiger partial charge in [0, 0.05) is 44.0 Å². The zero-order valence-electron chi connectivity index (χ0n) is 20.7. The van der Waals surface area contributed by atoms with Gasteiger partial charge >= 0.3 is 6.09 Å². The van der Waals surface area contributed by atoms with Gasteiger partial charge in [-0.15, -0.1) is 5.10 Å². The van der Waals surface area contributed by atoms with Crippen molar-refractivity contribution in [1.82, 2.24) is 25.2 Å². The largest absolute Gasteiger partial charge is 0.442 e. The van der Waals surface area contributed by atoms with Gasteiger partial charge in [0.1, 0.15) is 11.9 Å². The number of nitro groups is 1. The number of aromatic nitrogens is 3. The van der Waals surface area contributed by atoms with Crippen LogP contribution in [-0.4, -0.2) is 88.1 Å². The average molecular weight is 541 g/mol. The van der Waals surface area contributed by atoms with Gasteiger partial charge in [-0.2, -0.15) is 0 Å². The second-order valence-electron chi connectivity index (χ2n) is 9.21. The summed E-state index contributed by atoms with van der Waals surface area (Å²) in [7, 11) is 0. The predicted molar refractivity (Wildman–Crippen MR) is 134 cm³/mol. The van der Waals surface area contributed by atoms with E-state index in [1.165, 1.54) is 29.3 Å². The highest BCUT2D eigenvalue weighted by atomic mass is 19.1. The molecule has 0 unspecified atom stereocenters. The van der Waals surface area contributed by atoms with Crippen molar-refractivity contribution in [3.63, 3.8) is 0 Å². The van der Waals surface area contributed by atoms with Crippen molar-refractivity contribution < 1.29 is 28.4 Å². The molecule has 3 heterocycles. The third kappa shape index (κ3) is 5.71. The first-order chi connectivity index (χ1) is 18.8. The van der Waals surface area contributed by atoms with Crippen molar-refractivity contribution in [2.75, 3.05) is 49.1 Å². The fourth-order valence-corrected chi connectivity index (χ4v) is 4.66. The molecule has 3 amide bonds. The molecular formula is C24H25FN8O6. The number of benzene rings is 1. The van der Waals surface area contributed by atoms with Crippen molar-refractivity contribution in [3.05, 3.63) is 69.9 Å². The number of cyclic esters (lactones) is 1. The molecule has 5 rings (SSSR count). The Balaban J connectivity index is 1.10. The number of carbonyl (C=O) groups excluding carboxylic acids is 3. The molecule has 0 radical (unpaired) electrons. The minimum absolute atomic E-state index is 0.0735. The summed E-state index contributed by atoms with van der Waals surface area (Å²) >= 11 is 0. The van der Waals surface area contributed by atoms with Gasteiger partial charge in [0.05, 0.1) is 48.6 Å². The van der Waals surface area contributed by atoms with Crippen LogP contribution in [0.2, 0.25) is 0 Å². The van der Waals surface area contributed by atoms with Crippen molar-refractivity contribution in [1.29, 1.82) is 0 Å². The van der Waals surface area contributed by atoms with Gasteiger partial charge in [-0.05, 0) is 24.3 Å². The van der Waals surface area contributed by atoms with Crippen LogP contribution < -0.4 is 15.1 Å². The molecule has 0 saturated carbocycles. The van der Waals surface area contributed by atoms with Crippen LogP contribution in [0.5, 0.6) is 0 Å². The Morgan fingerprint density at radius 2 is 2.00 bits per heavy atom. The number of carbonyl (C=O) groups is 3. The summed E-state index contributed by atoms with van der Waals surface area (Å²) in [5, 5.41) is 20.9. The van der Waals surface area contributed by atoms with Gasteiger partial charge in [0.25, 0.3) is 5.70 Å². The van der Waals surface area contributed by atoms with E-state index >= 15 is 4.39 Å². The van der Waals surface area contributed by atoms with Crippen LogP contribution in [0.25, 0.3) is 0 Å². The second-order valence-corrected chi connectivity index (χ2v) is 9.21. The molecule has 204 valence electrons. The van der Waals surface area contributed by atoms with E-state index in [2.05, 4.69) is 15.6 Å². The molecule has 39 heavy (non-hydrogen) atoms. The fourth-order valence-electron chi connectivity index (χ4n) is 4.66. The number of piperazine rings is 1. The van der Waals surface area contributed by atoms with Gasteiger partial charge in [-0.1, -0.05) is 5.21 Å². The first-order valence-electron chi connectivity index (χ1n) is 12.3.